The zero-order valence-corrected chi connectivity index (χ0v) is 16.3. The van der Waals surface area contributed by atoms with Crippen LogP contribution >= 0.6 is 11.6 Å². The van der Waals surface area contributed by atoms with Crippen LogP contribution in [0.3, 0.4) is 0 Å². The lowest BCUT2D eigenvalue weighted by Crippen LogP contribution is -2.20. The van der Waals surface area contributed by atoms with E-state index in [-0.39, 0.29) is 12.5 Å². The summed E-state index contributed by atoms with van der Waals surface area (Å²) in [5, 5.41) is 6.56. The van der Waals surface area contributed by atoms with Crippen LogP contribution in [0, 0.1) is 6.92 Å². The first-order valence-corrected chi connectivity index (χ1v) is 8.97. The maximum atomic E-state index is 12.0. The minimum absolute atomic E-state index is 0.109. The van der Waals surface area contributed by atoms with Crippen molar-refractivity contribution in [1.82, 2.24) is 4.98 Å². The molecule has 0 saturated carbocycles. The Morgan fingerprint density at radius 2 is 1.89 bits per heavy atom. The zero-order chi connectivity index (χ0) is 19.9. The lowest BCUT2D eigenvalue weighted by molar-refractivity contribution is -0.118. The number of carbonyl (C=O) groups excluding carboxylic acids is 1. The van der Waals surface area contributed by atoms with Gasteiger partial charge in [-0.25, -0.2) is 4.98 Å². The molecule has 0 saturated heterocycles. The lowest BCUT2D eigenvalue weighted by atomic mass is 10.2. The maximum Gasteiger partial charge on any atom is 0.262 e. The highest BCUT2D eigenvalue weighted by atomic mass is 35.5. The monoisotopic (exact) mass is 397 g/mol. The molecule has 0 unspecified atom stereocenters. The number of benzene rings is 2. The van der Waals surface area contributed by atoms with E-state index in [0.717, 1.165) is 17.0 Å². The van der Waals surface area contributed by atoms with Crippen molar-refractivity contribution in [1.29, 1.82) is 0 Å². The molecule has 28 heavy (non-hydrogen) atoms. The SMILES string of the molecule is COc1ccc(C)cc1Nc1ccc(NC(=O)COc2ccc(Cl)cc2)cn1. The Hall–Kier alpha value is -3.25. The summed E-state index contributed by atoms with van der Waals surface area (Å²) in [6.07, 6.45) is 1.57. The van der Waals surface area contributed by atoms with Crippen LogP contribution in [0.5, 0.6) is 11.5 Å². The van der Waals surface area contributed by atoms with Crippen LogP contribution in [-0.4, -0.2) is 24.6 Å². The molecule has 0 bridgehead atoms. The second kappa shape index (κ2) is 9.10. The normalized spacial score (nSPS) is 10.2. The van der Waals surface area contributed by atoms with Gasteiger partial charge in [-0.1, -0.05) is 17.7 Å². The Morgan fingerprint density at radius 3 is 2.57 bits per heavy atom. The number of methoxy groups -OCH3 is 1. The summed E-state index contributed by atoms with van der Waals surface area (Å²) < 4.78 is 10.8. The average molecular weight is 398 g/mol. The Bertz CT molecular complexity index is 944. The van der Waals surface area contributed by atoms with E-state index in [2.05, 4.69) is 15.6 Å². The van der Waals surface area contributed by atoms with Crippen molar-refractivity contribution in [2.24, 2.45) is 0 Å². The van der Waals surface area contributed by atoms with Crippen LogP contribution in [0.4, 0.5) is 17.2 Å². The van der Waals surface area contributed by atoms with Gasteiger partial charge in [-0.3, -0.25) is 4.79 Å². The lowest BCUT2D eigenvalue weighted by Gasteiger charge is -2.12. The first-order valence-electron chi connectivity index (χ1n) is 8.59. The van der Waals surface area contributed by atoms with Crippen LogP contribution in [0.1, 0.15) is 5.56 Å². The third-order valence-electron chi connectivity index (χ3n) is 3.85. The Kier molecular flexibility index (Phi) is 6.34. The molecule has 0 aliphatic carbocycles. The van der Waals surface area contributed by atoms with Gasteiger partial charge >= 0.3 is 0 Å². The number of aryl methyl sites for hydroxylation is 1. The van der Waals surface area contributed by atoms with E-state index in [1.807, 2.05) is 25.1 Å². The molecule has 2 aromatic carbocycles. The van der Waals surface area contributed by atoms with Crippen LogP contribution in [0.15, 0.2) is 60.8 Å². The van der Waals surface area contributed by atoms with Gasteiger partial charge in [0, 0.05) is 5.02 Å². The van der Waals surface area contributed by atoms with E-state index in [0.29, 0.717) is 22.3 Å². The maximum absolute atomic E-state index is 12.0. The number of hydrogen-bond donors (Lipinski definition) is 2. The van der Waals surface area contributed by atoms with Gasteiger partial charge < -0.3 is 20.1 Å². The number of aromatic nitrogens is 1. The number of halogens is 1. The predicted molar refractivity (Wildman–Crippen MR) is 111 cm³/mol. The minimum Gasteiger partial charge on any atom is -0.495 e. The van der Waals surface area contributed by atoms with E-state index in [4.69, 9.17) is 21.1 Å². The number of nitrogens with one attached hydrogen (secondary N) is 2. The number of hydrogen-bond acceptors (Lipinski definition) is 5. The first kappa shape index (κ1) is 19.5. The number of ether oxygens (including phenoxy) is 2. The molecule has 3 aromatic rings. The van der Waals surface area contributed by atoms with E-state index in [1.54, 1.807) is 49.7 Å². The summed E-state index contributed by atoms with van der Waals surface area (Å²) in [6, 6.07) is 16.2. The average Bonchev–Trinajstić information content (AvgIpc) is 2.69. The van der Waals surface area contributed by atoms with Crippen molar-refractivity contribution >= 4 is 34.7 Å². The molecule has 0 aliphatic rings. The van der Waals surface area contributed by atoms with Crippen molar-refractivity contribution < 1.29 is 14.3 Å². The Balaban J connectivity index is 1.56. The molecule has 0 fully saturated rings. The third kappa shape index (κ3) is 5.37. The fraction of sp³-hybridized carbons (Fsp3) is 0.143. The van der Waals surface area contributed by atoms with Gasteiger partial charge in [0.25, 0.3) is 5.91 Å². The molecule has 1 heterocycles. The molecule has 3 rings (SSSR count). The van der Waals surface area contributed by atoms with Gasteiger partial charge in [0.2, 0.25) is 0 Å². The molecule has 1 amide bonds. The number of pyridine rings is 1. The molecule has 0 atom stereocenters. The predicted octanol–water partition coefficient (Wildman–Crippen LogP) is 4.81. The zero-order valence-electron chi connectivity index (χ0n) is 15.5. The van der Waals surface area contributed by atoms with Crippen molar-refractivity contribution in [2.45, 2.75) is 6.92 Å². The van der Waals surface area contributed by atoms with Gasteiger partial charge in [-0.15, -0.1) is 0 Å². The van der Waals surface area contributed by atoms with E-state index in [9.17, 15) is 4.79 Å². The summed E-state index contributed by atoms with van der Waals surface area (Å²) in [5.41, 5.74) is 2.50. The molecule has 0 aliphatic heterocycles. The quantitative estimate of drug-likeness (QED) is 0.598. The number of nitrogens with zero attached hydrogens (tertiary/aromatic N) is 1. The van der Waals surface area contributed by atoms with Crippen LogP contribution in [0.25, 0.3) is 0 Å². The molecule has 1 aromatic heterocycles. The molecular weight excluding hydrogens is 378 g/mol. The second-order valence-corrected chi connectivity index (χ2v) is 6.49. The largest absolute Gasteiger partial charge is 0.495 e. The van der Waals surface area contributed by atoms with E-state index < -0.39 is 0 Å². The molecular formula is C21H20ClN3O3. The number of amides is 1. The molecule has 0 spiro atoms. The highest BCUT2D eigenvalue weighted by molar-refractivity contribution is 6.30. The van der Waals surface area contributed by atoms with E-state index >= 15 is 0 Å². The van der Waals surface area contributed by atoms with Gasteiger partial charge in [0.15, 0.2) is 6.61 Å². The third-order valence-corrected chi connectivity index (χ3v) is 4.10. The summed E-state index contributed by atoms with van der Waals surface area (Å²) in [4.78, 5) is 16.4. The van der Waals surface area contributed by atoms with Crippen LogP contribution < -0.4 is 20.1 Å². The molecule has 7 heteroatoms. The summed E-state index contributed by atoms with van der Waals surface area (Å²) in [5.74, 6) is 1.66. The number of carbonyl (C=O) groups is 1. The van der Waals surface area contributed by atoms with Crippen molar-refractivity contribution in [3.05, 3.63) is 71.4 Å². The Morgan fingerprint density at radius 1 is 1.11 bits per heavy atom. The van der Waals surface area contributed by atoms with Crippen LogP contribution in [-0.2, 0) is 4.79 Å². The van der Waals surface area contributed by atoms with Gasteiger partial charge in [-0.05, 0) is 61.0 Å². The minimum atomic E-state index is -0.280. The van der Waals surface area contributed by atoms with Crippen LogP contribution in [0.2, 0.25) is 5.02 Å². The first-order chi connectivity index (χ1) is 13.5. The van der Waals surface area contributed by atoms with Crippen molar-refractivity contribution in [2.75, 3.05) is 24.4 Å². The van der Waals surface area contributed by atoms with Gasteiger partial charge in [0.05, 0.1) is 24.7 Å². The summed E-state index contributed by atoms with van der Waals surface area (Å²) in [6.45, 7) is 1.89. The standard InChI is InChI=1S/C21H20ClN3O3/c1-14-3-9-19(27-2)18(11-14)25-20-10-6-16(12-23-20)24-21(26)13-28-17-7-4-15(22)5-8-17/h3-12H,13H2,1-2H3,(H,23,25)(H,24,26). The molecule has 144 valence electrons. The smallest absolute Gasteiger partial charge is 0.262 e. The highest BCUT2D eigenvalue weighted by Crippen LogP contribution is 2.28. The van der Waals surface area contributed by atoms with Gasteiger partial charge in [0.1, 0.15) is 17.3 Å². The second-order valence-electron chi connectivity index (χ2n) is 6.05. The molecule has 0 radical (unpaired) electrons. The summed E-state index contributed by atoms with van der Waals surface area (Å²) in [7, 11) is 1.62. The molecule has 6 nitrogen and oxygen atoms in total. The van der Waals surface area contributed by atoms with Gasteiger partial charge in [-0.2, -0.15) is 0 Å². The summed E-state index contributed by atoms with van der Waals surface area (Å²) >= 11 is 5.82. The number of rotatable bonds is 7. The highest BCUT2D eigenvalue weighted by Gasteiger charge is 2.07. The fourth-order valence-electron chi connectivity index (χ4n) is 2.48. The number of anilines is 3. The fourth-order valence-corrected chi connectivity index (χ4v) is 2.60. The Labute approximate surface area is 168 Å². The van der Waals surface area contributed by atoms with Crippen molar-refractivity contribution in [3.63, 3.8) is 0 Å². The topological polar surface area (TPSA) is 72.5 Å². The van der Waals surface area contributed by atoms with Crippen molar-refractivity contribution in [3.8, 4) is 11.5 Å². The van der Waals surface area contributed by atoms with E-state index in [1.165, 1.54) is 0 Å². The molecule has 2 N–H and O–H groups in total.